The Bertz CT molecular complexity index is 1060. The van der Waals surface area contributed by atoms with Crippen LogP contribution in [0.3, 0.4) is 0 Å². The van der Waals surface area contributed by atoms with E-state index in [9.17, 15) is 9.59 Å². The Morgan fingerprint density at radius 3 is 2.40 bits per heavy atom. The fourth-order valence-electron chi connectivity index (χ4n) is 2.78. The van der Waals surface area contributed by atoms with Crippen molar-refractivity contribution in [3.8, 4) is 5.75 Å². The van der Waals surface area contributed by atoms with E-state index in [1.807, 2.05) is 61.5 Å². The molecular formula is C24H22N2O4. The fraction of sp³-hybridized carbons (Fsp3) is 0.125. The first-order valence-electron chi connectivity index (χ1n) is 9.36. The van der Waals surface area contributed by atoms with E-state index in [-0.39, 0.29) is 11.9 Å². The Morgan fingerprint density at radius 1 is 0.967 bits per heavy atom. The molecule has 30 heavy (non-hydrogen) atoms. The zero-order valence-corrected chi connectivity index (χ0v) is 16.8. The van der Waals surface area contributed by atoms with Crippen molar-refractivity contribution in [2.24, 2.45) is 5.10 Å². The molecule has 0 aliphatic carbocycles. The summed E-state index contributed by atoms with van der Waals surface area (Å²) in [5.74, 6) is -0.0198. The largest absolute Gasteiger partial charge is 0.488 e. The zero-order valence-electron chi connectivity index (χ0n) is 16.8. The summed E-state index contributed by atoms with van der Waals surface area (Å²) in [6, 6.07) is 21.7. The van der Waals surface area contributed by atoms with E-state index >= 15 is 0 Å². The fourth-order valence-corrected chi connectivity index (χ4v) is 2.78. The highest BCUT2D eigenvalue weighted by Crippen LogP contribution is 2.18. The molecular weight excluding hydrogens is 380 g/mol. The third-order valence-corrected chi connectivity index (χ3v) is 4.45. The number of esters is 1. The Balaban J connectivity index is 1.63. The van der Waals surface area contributed by atoms with Gasteiger partial charge in [-0.15, -0.1) is 0 Å². The minimum absolute atomic E-state index is 0.270. The van der Waals surface area contributed by atoms with Crippen LogP contribution in [0.4, 0.5) is 0 Å². The predicted octanol–water partition coefficient (Wildman–Crippen LogP) is 4.12. The molecule has 0 radical (unpaired) electrons. The maximum atomic E-state index is 12.3. The Labute approximate surface area is 175 Å². The molecule has 3 aromatic carbocycles. The van der Waals surface area contributed by atoms with Crippen molar-refractivity contribution in [1.29, 1.82) is 0 Å². The van der Waals surface area contributed by atoms with Gasteiger partial charge in [0.25, 0.3) is 5.91 Å². The molecule has 0 unspecified atom stereocenters. The van der Waals surface area contributed by atoms with Gasteiger partial charge in [0, 0.05) is 11.1 Å². The first-order valence-corrected chi connectivity index (χ1v) is 9.36. The maximum absolute atomic E-state index is 12.3. The number of para-hydroxylation sites is 1. The van der Waals surface area contributed by atoms with Gasteiger partial charge >= 0.3 is 5.97 Å². The molecule has 3 rings (SSSR count). The van der Waals surface area contributed by atoms with Crippen LogP contribution in [0.5, 0.6) is 5.75 Å². The molecule has 0 fully saturated rings. The molecule has 0 aliphatic heterocycles. The topological polar surface area (TPSA) is 77.0 Å². The molecule has 6 nitrogen and oxygen atoms in total. The molecule has 3 aromatic rings. The van der Waals surface area contributed by atoms with Crippen molar-refractivity contribution < 1.29 is 19.1 Å². The van der Waals surface area contributed by atoms with E-state index in [2.05, 4.69) is 10.5 Å². The van der Waals surface area contributed by atoms with Crippen LogP contribution in [-0.4, -0.2) is 25.2 Å². The van der Waals surface area contributed by atoms with Gasteiger partial charge in [0.15, 0.2) is 0 Å². The summed E-state index contributed by atoms with van der Waals surface area (Å²) >= 11 is 0. The van der Waals surface area contributed by atoms with Gasteiger partial charge in [-0.05, 0) is 48.4 Å². The van der Waals surface area contributed by atoms with E-state index in [1.54, 1.807) is 24.4 Å². The summed E-state index contributed by atoms with van der Waals surface area (Å²) in [6.45, 7) is 2.20. The highest BCUT2D eigenvalue weighted by atomic mass is 16.5. The molecule has 1 N–H and O–H groups in total. The van der Waals surface area contributed by atoms with Gasteiger partial charge in [-0.3, -0.25) is 4.79 Å². The number of methoxy groups -OCH3 is 1. The SMILES string of the molecule is COC(=O)c1ccc(COc2ccccc2/C=N\NC(=O)c2ccccc2C)cc1. The lowest BCUT2D eigenvalue weighted by molar-refractivity contribution is 0.0600. The molecule has 0 saturated carbocycles. The van der Waals surface area contributed by atoms with Crippen LogP contribution >= 0.6 is 0 Å². The Hall–Kier alpha value is -3.93. The molecule has 0 spiro atoms. The van der Waals surface area contributed by atoms with Crippen molar-refractivity contribution in [3.05, 3.63) is 101 Å². The van der Waals surface area contributed by atoms with Crippen molar-refractivity contribution in [2.75, 3.05) is 7.11 Å². The second kappa shape index (κ2) is 10.0. The van der Waals surface area contributed by atoms with E-state index in [0.717, 1.165) is 16.7 Å². The second-order valence-electron chi connectivity index (χ2n) is 6.53. The number of ether oxygens (including phenoxy) is 2. The monoisotopic (exact) mass is 402 g/mol. The number of rotatable bonds is 7. The second-order valence-corrected chi connectivity index (χ2v) is 6.53. The van der Waals surface area contributed by atoms with Crippen LogP contribution in [0.25, 0.3) is 0 Å². The quantitative estimate of drug-likeness (QED) is 0.366. The summed E-state index contributed by atoms with van der Waals surface area (Å²) in [4.78, 5) is 23.8. The molecule has 0 bridgehead atoms. The lowest BCUT2D eigenvalue weighted by Gasteiger charge is -2.09. The number of hydrazone groups is 1. The Morgan fingerprint density at radius 2 is 1.67 bits per heavy atom. The molecule has 1 amide bonds. The van der Waals surface area contributed by atoms with E-state index in [4.69, 9.17) is 9.47 Å². The Kier molecular flexibility index (Phi) is 6.95. The minimum atomic E-state index is -0.378. The normalized spacial score (nSPS) is 10.6. The molecule has 0 saturated heterocycles. The van der Waals surface area contributed by atoms with Crippen LogP contribution in [0.15, 0.2) is 77.9 Å². The molecule has 0 atom stereocenters. The van der Waals surface area contributed by atoms with Crippen molar-refractivity contribution in [1.82, 2.24) is 5.43 Å². The van der Waals surface area contributed by atoms with Gasteiger partial charge in [0.05, 0.1) is 18.9 Å². The number of benzene rings is 3. The smallest absolute Gasteiger partial charge is 0.337 e. The number of carbonyl (C=O) groups excluding carboxylic acids is 2. The van der Waals surface area contributed by atoms with Gasteiger partial charge in [-0.25, -0.2) is 10.2 Å². The third kappa shape index (κ3) is 5.32. The molecule has 152 valence electrons. The average molecular weight is 402 g/mol. The van der Waals surface area contributed by atoms with Crippen molar-refractivity contribution >= 4 is 18.1 Å². The summed E-state index contributed by atoms with van der Waals surface area (Å²) in [6.07, 6.45) is 1.55. The van der Waals surface area contributed by atoms with Crippen LogP contribution in [0.2, 0.25) is 0 Å². The van der Waals surface area contributed by atoms with E-state index < -0.39 is 0 Å². The number of carbonyl (C=O) groups is 2. The summed E-state index contributed by atoms with van der Waals surface area (Å²) < 4.78 is 10.6. The van der Waals surface area contributed by atoms with Gasteiger partial charge < -0.3 is 9.47 Å². The van der Waals surface area contributed by atoms with Gasteiger partial charge in [-0.1, -0.05) is 42.5 Å². The molecule has 0 heterocycles. The molecule has 6 heteroatoms. The zero-order chi connectivity index (χ0) is 21.3. The van der Waals surface area contributed by atoms with Gasteiger partial charge in [-0.2, -0.15) is 5.10 Å². The number of nitrogens with zero attached hydrogens (tertiary/aromatic N) is 1. The number of hydrogen-bond acceptors (Lipinski definition) is 5. The summed E-state index contributed by atoms with van der Waals surface area (Å²) in [7, 11) is 1.35. The summed E-state index contributed by atoms with van der Waals surface area (Å²) in [5, 5.41) is 4.06. The van der Waals surface area contributed by atoms with Crippen LogP contribution in [-0.2, 0) is 11.3 Å². The molecule has 0 aliphatic rings. The first kappa shape index (κ1) is 20.8. The van der Waals surface area contributed by atoms with Crippen LogP contribution in [0.1, 0.15) is 37.4 Å². The predicted molar refractivity (Wildman–Crippen MR) is 115 cm³/mol. The standard InChI is InChI=1S/C24H22N2O4/c1-17-7-3-5-9-21(17)23(27)26-25-15-20-8-4-6-10-22(20)30-16-18-11-13-19(14-12-18)24(28)29-2/h3-15H,16H2,1-2H3,(H,26,27)/b25-15-. The summed E-state index contributed by atoms with van der Waals surface area (Å²) in [5.41, 5.74) is 6.12. The number of amides is 1. The van der Waals surface area contributed by atoms with Gasteiger partial charge in [0.2, 0.25) is 0 Å². The van der Waals surface area contributed by atoms with Crippen molar-refractivity contribution in [3.63, 3.8) is 0 Å². The van der Waals surface area contributed by atoms with Gasteiger partial charge in [0.1, 0.15) is 12.4 Å². The first-order chi connectivity index (χ1) is 14.6. The number of nitrogens with one attached hydrogen (secondary N) is 1. The minimum Gasteiger partial charge on any atom is -0.488 e. The van der Waals surface area contributed by atoms with Crippen LogP contribution in [0, 0.1) is 6.92 Å². The van der Waals surface area contributed by atoms with Crippen LogP contribution < -0.4 is 10.2 Å². The number of hydrogen-bond donors (Lipinski definition) is 1. The number of aryl methyl sites for hydroxylation is 1. The average Bonchev–Trinajstić information content (AvgIpc) is 2.78. The third-order valence-electron chi connectivity index (χ3n) is 4.45. The highest BCUT2D eigenvalue weighted by molar-refractivity contribution is 5.96. The van der Waals surface area contributed by atoms with Crippen molar-refractivity contribution in [2.45, 2.75) is 13.5 Å². The van der Waals surface area contributed by atoms with E-state index in [0.29, 0.717) is 23.5 Å². The van der Waals surface area contributed by atoms with E-state index in [1.165, 1.54) is 7.11 Å². The lowest BCUT2D eigenvalue weighted by Crippen LogP contribution is -2.18. The molecule has 0 aromatic heterocycles. The lowest BCUT2D eigenvalue weighted by atomic mass is 10.1. The maximum Gasteiger partial charge on any atom is 0.337 e. The highest BCUT2D eigenvalue weighted by Gasteiger charge is 2.08.